The number of aromatic amines is 1. The van der Waals surface area contributed by atoms with Crippen molar-refractivity contribution in [3.05, 3.63) is 65.9 Å². The van der Waals surface area contributed by atoms with E-state index in [0.717, 1.165) is 16.5 Å². The average molecular weight is 638 g/mol. The maximum absolute atomic E-state index is 13.4. The Morgan fingerprint density at radius 1 is 0.826 bits per heavy atom. The van der Waals surface area contributed by atoms with E-state index in [1.54, 1.807) is 6.20 Å². The zero-order valence-corrected chi connectivity index (χ0v) is 24.9. The Morgan fingerprint density at radius 3 is 2.11 bits per heavy atom. The maximum Gasteiger partial charge on any atom is 0.326 e. The van der Waals surface area contributed by atoms with Gasteiger partial charge in [0.05, 0.1) is 12.5 Å². The summed E-state index contributed by atoms with van der Waals surface area (Å²) in [6.07, 6.45) is 1.32. The monoisotopic (exact) mass is 637 g/mol. The number of aromatic hydroxyl groups is 1. The summed E-state index contributed by atoms with van der Waals surface area (Å²) < 4.78 is 0. The summed E-state index contributed by atoms with van der Waals surface area (Å²) in [6, 6.07) is 7.91. The Labute approximate surface area is 264 Å². The highest BCUT2D eigenvalue weighted by molar-refractivity contribution is 5.96. The van der Waals surface area contributed by atoms with Crippen molar-refractivity contribution < 1.29 is 34.2 Å². The van der Waals surface area contributed by atoms with E-state index in [2.05, 4.69) is 25.9 Å². The number of primary amides is 1. The topological polar surface area (TPSA) is 294 Å². The molecule has 16 nitrogen and oxygen atoms in total. The van der Waals surface area contributed by atoms with Crippen LogP contribution in [0.4, 0.5) is 0 Å². The number of aromatic nitrogens is 1. The molecule has 0 saturated carbocycles. The largest absolute Gasteiger partial charge is 0.508 e. The molecule has 1 heterocycles. The molecule has 0 saturated heterocycles. The highest BCUT2D eigenvalue weighted by Crippen LogP contribution is 2.19. The summed E-state index contributed by atoms with van der Waals surface area (Å²) in [5.41, 5.74) is 24.2. The minimum atomic E-state index is -1.50. The molecule has 0 aliphatic heterocycles. The first-order chi connectivity index (χ1) is 21.8. The van der Waals surface area contributed by atoms with Crippen LogP contribution in [0, 0.1) is 0 Å². The SMILES string of the molecule is NC(=O)CC(NC(=O)C(N)Cc1c[nH]c2ccccc12)C(=O)NC(Cc1ccc(O)cc1)C(=O)NC(CCCN=C(N)N)C(=O)O. The number of phenolic OH excluding ortho intramolecular Hbond substituents is 1. The molecule has 4 amide bonds. The number of carbonyl (C=O) groups is 5. The number of carbonyl (C=O) groups excluding carboxylic acids is 4. The average Bonchev–Trinajstić information content (AvgIpc) is 3.40. The van der Waals surface area contributed by atoms with Crippen LogP contribution < -0.4 is 38.9 Å². The molecule has 46 heavy (non-hydrogen) atoms. The normalized spacial score (nSPS) is 13.5. The first-order valence-corrected chi connectivity index (χ1v) is 14.4. The molecular formula is C30H39N9O7. The number of hydrogen-bond donors (Lipinski definition) is 10. The zero-order valence-electron chi connectivity index (χ0n) is 24.9. The summed E-state index contributed by atoms with van der Waals surface area (Å²) >= 11 is 0. The van der Waals surface area contributed by atoms with Gasteiger partial charge in [-0.2, -0.15) is 0 Å². The Bertz CT molecular complexity index is 1570. The molecule has 0 aliphatic rings. The lowest BCUT2D eigenvalue weighted by Gasteiger charge is -2.25. The van der Waals surface area contributed by atoms with E-state index < -0.39 is 60.2 Å². The number of carboxylic acids is 1. The first-order valence-electron chi connectivity index (χ1n) is 14.4. The smallest absolute Gasteiger partial charge is 0.326 e. The van der Waals surface area contributed by atoms with Gasteiger partial charge in [0, 0.05) is 30.1 Å². The van der Waals surface area contributed by atoms with Crippen LogP contribution >= 0.6 is 0 Å². The Balaban J connectivity index is 1.76. The Kier molecular flexibility index (Phi) is 12.5. The number of fused-ring (bicyclic) bond motifs is 1. The van der Waals surface area contributed by atoms with E-state index in [1.807, 2.05) is 24.3 Å². The van der Waals surface area contributed by atoms with Gasteiger partial charge in [0.15, 0.2) is 5.96 Å². The number of nitrogens with one attached hydrogen (secondary N) is 4. The van der Waals surface area contributed by atoms with Crippen molar-refractivity contribution in [2.75, 3.05) is 6.54 Å². The van der Waals surface area contributed by atoms with Gasteiger partial charge in [-0.05, 0) is 48.6 Å². The van der Waals surface area contributed by atoms with Crippen molar-refractivity contribution >= 4 is 46.5 Å². The summed E-state index contributed by atoms with van der Waals surface area (Å²) in [5, 5.41) is 27.5. The standard InChI is InChI=1S/C30H39N9O7/c31-20(13-17-15-36-21-5-2-1-4-19(17)21)26(42)38-24(14-25(32)41)28(44)39-23(12-16-7-9-18(40)10-8-16)27(43)37-22(29(45)46)6-3-11-35-30(33)34/h1-2,4-5,7-10,15,20,22-24,36,40H,3,6,11-14,31H2,(H2,32,41)(H,37,43)(H,38,42)(H,39,44)(H,45,46)(H4,33,34,35). The number of nitrogens with two attached hydrogens (primary N) is 4. The van der Waals surface area contributed by atoms with Gasteiger partial charge in [-0.15, -0.1) is 0 Å². The number of para-hydroxylation sites is 1. The fourth-order valence-corrected chi connectivity index (χ4v) is 4.70. The minimum Gasteiger partial charge on any atom is -0.508 e. The van der Waals surface area contributed by atoms with Crippen LogP contribution in [0.25, 0.3) is 10.9 Å². The Hall–Kier alpha value is -5.64. The van der Waals surface area contributed by atoms with Crippen molar-refractivity contribution in [1.82, 2.24) is 20.9 Å². The summed E-state index contributed by atoms with van der Waals surface area (Å²) in [7, 11) is 0. The first kappa shape index (κ1) is 34.8. The van der Waals surface area contributed by atoms with Crippen molar-refractivity contribution in [2.45, 2.75) is 56.3 Å². The van der Waals surface area contributed by atoms with Crippen LogP contribution in [-0.2, 0) is 36.8 Å². The van der Waals surface area contributed by atoms with Crippen LogP contribution in [0.1, 0.15) is 30.4 Å². The number of aliphatic carboxylic acids is 1. The fourth-order valence-electron chi connectivity index (χ4n) is 4.70. The quantitative estimate of drug-likeness (QED) is 0.0462. The molecule has 0 spiro atoms. The highest BCUT2D eigenvalue weighted by atomic mass is 16.4. The zero-order chi connectivity index (χ0) is 33.8. The van der Waals surface area contributed by atoms with Gasteiger partial charge < -0.3 is 54.1 Å². The van der Waals surface area contributed by atoms with Crippen molar-refractivity contribution in [3.63, 3.8) is 0 Å². The molecular weight excluding hydrogens is 598 g/mol. The van der Waals surface area contributed by atoms with Crippen LogP contribution in [0.15, 0.2) is 59.7 Å². The minimum absolute atomic E-state index is 0.0214. The molecule has 16 heteroatoms. The molecule has 2 aromatic carbocycles. The van der Waals surface area contributed by atoms with Crippen LogP contribution in [0.3, 0.4) is 0 Å². The lowest BCUT2D eigenvalue weighted by atomic mass is 10.0. The van der Waals surface area contributed by atoms with Crippen molar-refractivity contribution in [2.24, 2.45) is 27.9 Å². The van der Waals surface area contributed by atoms with E-state index in [4.69, 9.17) is 22.9 Å². The van der Waals surface area contributed by atoms with Crippen LogP contribution in [0.2, 0.25) is 0 Å². The van der Waals surface area contributed by atoms with Gasteiger partial charge >= 0.3 is 5.97 Å². The number of benzene rings is 2. The third-order valence-electron chi connectivity index (χ3n) is 7.06. The van der Waals surface area contributed by atoms with Gasteiger partial charge in [0.1, 0.15) is 23.9 Å². The fraction of sp³-hybridized carbons (Fsp3) is 0.333. The van der Waals surface area contributed by atoms with Crippen molar-refractivity contribution in [3.8, 4) is 5.75 Å². The number of hydrogen-bond acceptors (Lipinski definition) is 8. The third-order valence-corrected chi connectivity index (χ3v) is 7.06. The summed E-state index contributed by atoms with van der Waals surface area (Å²) in [5.74, 6) is -4.94. The number of nitrogens with zero attached hydrogens (tertiary/aromatic N) is 1. The molecule has 14 N–H and O–H groups in total. The van der Waals surface area contributed by atoms with Crippen molar-refractivity contribution in [1.29, 1.82) is 0 Å². The lowest BCUT2D eigenvalue weighted by Crippen LogP contribution is -2.58. The number of carboxylic acid groups (broad SMARTS) is 1. The van der Waals surface area contributed by atoms with Gasteiger partial charge in [0.2, 0.25) is 23.6 Å². The second-order valence-corrected chi connectivity index (χ2v) is 10.7. The van der Waals surface area contributed by atoms with Gasteiger partial charge in [-0.1, -0.05) is 30.3 Å². The number of guanidine groups is 1. The summed E-state index contributed by atoms with van der Waals surface area (Å²) in [6.45, 7) is 0.132. The molecule has 4 atom stereocenters. The summed E-state index contributed by atoms with van der Waals surface area (Å²) in [4.78, 5) is 70.5. The molecule has 0 fully saturated rings. The van der Waals surface area contributed by atoms with E-state index in [-0.39, 0.29) is 43.9 Å². The number of H-pyrrole nitrogens is 1. The van der Waals surface area contributed by atoms with E-state index >= 15 is 0 Å². The second-order valence-electron chi connectivity index (χ2n) is 10.7. The molecule has 3 aromatic rings. The second kappa shape index (κ2) is 16.4. The van der Waals surface area contributed by atoms with Gasteiger partial charge in [-0.25, -0.2) is 4.79 Å². The molecule has 0 aliphatic carbocycles. The third kappa shape index (κ3) is 10.5. The highest BCUT2D eigenvalue weighted by Gasteiger charge is 2.31. The van der Waals surface area contributed by atoms with E-state index in [1.165, 1.54) is 24.3 Å². The predicted octanol–water partition coefficient (Wildman–Crippen LogP) is -1.55. The molecule has 4 unspecified atom stereocenters. The van der Waals surface area contributed by atoms with E-state index in [9.17, 15) is 34.2 Å². The molecule has 1 aromatic heterocycles. The number of aliphatic imine (C=N–C) groups is 1. The van der Waals surface area contributed by atoms with Gasteiger partial charge in [0.25, 0.3) is 0 Å². The number of amides is 4. The molecule has 0 radical (unpaired) electrons. The number of phenols is 1. The number of rotatable bonds is 17. The predicted molar refractivity (Wildman–Crippen MR) is 169 cm³/mol. The molecule has 3 rings (SSSR count). The van der Waals surface area contributed by atoms with Gasteiger partial charge in [-0.3, -0.25) is 24.2 Å². The maximum atomic E-state index is 13.4. The van der Waals surface area contributed by atoms with E-state index in [0.29, 0.717) is 5.56 Å². The Morgan fingerprint density at radius 2 is 1.46 bits per heavy atom. The molecule has 0 bridgehead atoms. The lowest BCUT2D eigenvalue weighted by molar-refractivity contribution is -0.142. The van der Waals surface area contributed by atoms with Crippen LogP contribution in [-0.4, -0.2) is 81.5 Å². The van der Waals surface area contributed by atoms with Crippen LogP contribution in [0.5, 0.6) is 5.75 Å². The molecule has 246 valence electrons.